The number of fused-ring (bicyclic) bond motifs is 1. The van der Waals surface area contributed by atoms with Crippen LogP contribution >= 0.6 is 11.3 Å². The Morgan fingerprint density at radius 3 is 2.74 bits per heavy atom. The molecule has 0 aliphatic carbocycles. The summed E-state index contributed by atoms with van der Waals surface area (Å²) in [4.78, 5) is 27.6. The van der Waals surface area contributed by atoms with E-state index < -0.39 is 5.97 Å². The van der Waals surface area contributed by atoms with Crippen LogP contribution < -0.4 is 10.8 Å². The minimum absolute atomic E-state index is 0.343. The molecule has 1 amide bonds. The summed E-state index contributed by atoms with van der Waals surface area (Å²) < 4.78 is 5.50. The third-order valence-corrected chi connectivity index (χ3v) is 3.79. The minimum Gasteiger partial charge on any atom is -0.465 e. The minimum atomic E-state index is -0.473. The Balaban J connectivity index is 2.57. The summed E-state index contributed by atoms with van der Waals surface area (Å²) in [6.45, 7) is 0. The van der Waals surface area contributed by atoms with E-state index in [0.29, 0.717) is 28.0 Å². The van der Waals surface area contributed by atoms with Gasteiger partial charge in [-0.15, -0.1) is 11.3 Å². The van der Waals surface area contributed by atoms with Gasteiger partial charge in [-0.25, -0.2) is 4.79 Å². The Bertz CT molecular complexity index is 638. The van der Waals surface area contributed by atoms with Crippen LogP contribution in [0.15, 0.2) is 18.2 Å². The topological polar surface area (TPSA) is 81.9 Å². The maximum absolute atomic E-state index is 11.6. The molecule has 1 heterocycles. The van der Waals surface area contributed by atoms with Crippen molar-refractivity contribution in [1.29, 1.82) is 0 Å². The van der Waals surface area contributed by atoms with E-state index in [2.05, 4.69) is 4.74 Å². The third-order valence-electron chi connectivity index (χ3n) is 2.63. The van der Waals surface area contributed by atoms with Crippen LogP contribution in [0.4, 0.5) is 11.4 Å². The van der Waals surface area contributed by atoms with Crippen LogP contribution in [0.5, 0.6) is 0 Å². The van der Waals surface area contributed by atoms with Crippen LogP contribution in [0.25, 0.3) is 10.1 Å². The molecule has 100 valence electrons. The van der Waals surface area contributed by atoms with Gasteiger partial charge >= 0.3 is 5.97 Å². The first-order valence-electron chi connectivity index (χ1n) is 5.31. The van der Waals surface area contributed by atoms with Gasteiger partial charge < -0.3 is 10.5 Å². The van der Waals surface area contributed by atoms with Gasteiger partial charge in [0.2, 0.25) is 6.41 Å². The Labute approximate surface area is 113 Å². The molecule has 2 rings (SSSR count). The van der Waals surface area contributed by atoms with Crippen LogP contribution in [0.1, 0.15) is 9.67 Å². The molecule has 0 unspecified atom stereocenters. The summed E-state index contributed by atoms with van der Waals surface area (Å²) in [5, 5.41) is 1.75. The lowest BCUT2D eigenvalue weighted by Crippen LogP contribution is -2.18. The number of hydroxylamine groups is 1. The van der Waals surface area contributed by atoms with Crippen molar-refractivity contribution < 1.29 is 19.2 Å². The number of nitrogen functional groups attached to an aromatic ring is 1. The standard InChI is InChI=1S/C12H12N2O4S/c1-17-12(16)11-10(13)8-5-7(14(6-15)18-2)3-4-9(8)19-11/h3-6H,13H2,1-2H3. The summed E-state index contributed by atoms with van der Waals surface area (Å²) in [7, 11) is 2.69. The third kappa shape index (κ3) is 2.25. The molecule has 6 nitrogen and oxygen atoms in total. The Morgan fingerprint density at radius 1 is 1.42 bits per heavy atom. The number of carbonyl (C=O) groups is 2. The monoisotopic (exact) mass is 280 g/mol. The number of thiophene rings is 1. The first-order valence-corrected chi connectivity index (χ1v) is 6.13. The molecule has 0 radical (unpaired) electrons. The number of hydrogen-bond donors (Lipinski definition) is 1. The highest BCUT2D eigenvalue weighted by Crippen LogP contribution is 2.36. The molecule has 0 spiro atoms. The molecule has 2 aromatic rings. The molecule has 0 fully saturated rings. The quantitative estimate of drug-likeness (QED) is 0.524. The smallest absolute Gasteiger partial charge is 0.350 e. The molecule has 2 N–H and O–H groups in total. The maximum atomic E-state index is 11.6. The van der Waals surface area contributed by atoms with Gasteiger partial charge in [-0.1, -0.05) is 0 Å². The van der Waals surface area contributed by atoms with E-state index in [-0.39, 0.29) is 0 Å². The van der Waals surface area contributed by atoms with Crippen molar-refractivity contribution in [1.82, 2.24) is 0 Å². The van der Waals surface area contributed by atoms with Crippen molar-refractivity contribution in [3.05, 3.63) is 23.1 Å². The second-order valence-electron chi connectivity index (χ2n) is 3.63. The van der Waals surface area contributed by atoms with Crippen molar-refractivity contribution in [2.24, 2.45) is 0 Å². The van der Waals surface area contributed by atoms with Gasteiger partial charge in [0.25, 0.3) is 0 Å². The van der Waals surface area contributed by atoms with E-state index in [0.717, 1.165) is 9.76 Å². The summed E-state index contributed by atoms with van der Waals surface area (Å²) in [6.07, 6.45) is 0.547. The average molecular weight is 280 g/mol. The predicted octanol–water partition coefficient (Wildman–Crippen LogP) is 1.79. The average Bonchev–Trinajstić information content (AvgIpc) is 2.77. The van der Waals surface area contributed by atoms with Gasteiger partial charge in [-0.2, -0.15) is 5.06 Å². The van der Waals surface area contributed by atoms with E-state index in [9.17, 15) is 9.59 Å². The molecule has 0 atom stereocenters. The van der Waals surface area contributed by atoms with Crippen LogP contribution in [0.3, 0.4) is 0 Å². The van der Waals surface area contributed by atoms with Crippen molar-refractivity contribution in [3.8, 4) is 0 Å². The normalized spacial score (nSPS) is 10.4. The molecule has 0 saturated heterocycles. The van der Waals surface area contributed by atoms with Gasteiger partial charge in [0.05, 0.1) is 25.6 Å². The van der Waals surface area contributed by atoms with Crippen molar-refractivity contribution in [3.63, 3.8) is 0 Å². The number of methoxy groups -OCH3 is 1. The predicted molar refractivity (Wildman–Crippen MR) is 73.1 cm³/mol. The number of benzene rings is 1. The summed E-state index contributed by atoms with van der Waals surface area (Å²) in [5.74, 6) is -0.473. The molecular weight excluding hydrogens is 268 g/mol. The molecule has 0 bridgehead atoms. The molecule has 1 aromatic carbocycles. The lowest BCUT2D eigenvalue weighted by atomic mass is 10.2. The number of carbonyl (C=O) groups excluding carboxylic acids is 2. The Kier molecular flexibility index (Phi) is 3.68. The zero-order valence-electron chi connectivity index (χ0n) is 10.4. The number of amides is 1. The van der Waals surface area contributed by atoms with Gasteiger partial charge in [0.1, 0.15) is 4.88 Å². The summed E-state index contributed by atoms with van der Waals surface area (Å²) in [6, 6.07) is 5.16. The Morgan fingerprint density at radius 2 is 2.16 bits per heavy atom. The Hall–Kier alpha value is -2.12. The molecule has 0 aliphatic heterocycles. The molecule has 0 saturated carbocycles. The van der Waals surface area contributed by atoms with E-state index in [4.69, 9.17) is 10.6 Å². The summed E-state index contributed by atoms with van der Waals surface area (Å²) >= 11 is 1.24. The van der Waals surface area contributed by atoms with Crippen molar-refractivity contribution >= 4 is 45.2 Å². The molecule has 19 heavy (non-hydrogen) atoms. The highest BCUT2D eigenvalue weighted by Gasteiger charge is 2.17. The fourth-order valence-electron chi connectivity index (χ4n) is 1.70. The molecule has 0 aliphatic rings. The second kappa shape index (κ2) is 5.25. The number of hydrogen-bond acceptors (Lipinski definition) is 6. The van der Waals surface area contributed by atoms with Gasteiger partial charge in [-0.3, -0.25) is 9.63 Å². The fourth-order valence-corrected chi connectivity index (χ4v) is 2.72. The number of rotatable bonds is 4. The zero-order chi connectivity index (χ0) is 14.0. The highest BCUT2D eigenvalue weighted by atomic mass is 32.1. The first-order chi connectivity index (χ1) is 9.12. The van der Waals surface area contributed by atoms with Crippen LogP contribution in [-0.4, -0.2) is 26.6 Å². The van der Waals surface area contributed by atoms with Crippen LogP contribution in [0.2, 0.25) is 0 Å². The molecule has 1 aromatic heterocycles. The maximum Gasteiger partial charge on any atom is 0.350 e. The lowest BCUT2D eigenvalue weighted by molar-refractivity contribution is -0.112. The van der Waals surface area contributed by atoms with Crippen LogP contribution in [-0.2, 0) is 14.4 Å². The number of esters is 1. The second-order valence-corrected chi connectivity index (χ2v) is 4.68. The SMILES string of the molecule is COC(=O)c1sc2ccc(N(C=O)OC)cc2c1N. The highest BCUT2D eigenvalue weighted by molar-refractivity contribution is 7.21. The largest absolute Gasteiger partial charge is 0.465 e. The van der Waals surface area contributed by atoms with Crippen molar-refractivity contribution in [2.45, 2.75) is 0 Å². The van der Waals surface area contributed by atoms with Gasteiger partial charge in [0, 0.05) is 10.1 Å². The van der Waals surface area contributed by atoms with E-state index >= 15 is 0 Å². The number of nitrogens with zero attached hydrogens (tertiary/aromatic N) is 1. The van der Waals surface area contributed by atoms with E-state index in [1.54, 1.807) is 18.2 Å². The lowest BCUT2D eigenvalue weighted by Gasteiger charge is -2.13. The zero-order valence-corrected chi connectivity index (χ0v) is 11.2. The van der Waals surface area contributed by atoms with Gasteiger partial charge in [-0.05, 0) is 18.2 Å². The summed E-state index contributed by atoms with van der Waals surface area (Å²) in [5.41, 5.74) is 6.81. The number of anilines is 2. The van der Waals surface area contributed by atoms with Crippen molar-refractivity contribution in [2.75, 3.05) is 25.0 Å². The van der Waals surface area contributed by atoms with Crippen LogP contribution in [0, 0.1) is 0 Å². The first kappa shape index (κ1) is 13.3. The molecule has 7 heteroatoms. The van der Waals surface area contributed by atoms with E-state index in [1.807, 2.05) is 0 Å². The fraction of sp³-hybridized carbons (Fsp3) is 0.167. The van der Waals surface area contributed by atoms with E-state index in [1.165, 1.54) is 25.6 Å². The van der Waals surface area contributed by atoms with Gasteiger partial charge in [0.15, 0.2) is 0 Å². The molecular formula is C12H12N2O4S. The number of ether oxygens (including phenoxy) is 1. The number of nitrogens with two attached hydrogens (primary N) is 1.